The van der Waals surface area contributed by atoms with E-state index in [1.165, 1.54) is 12.3 Å². The minimum atomic E-state index is -0.292. The molecular formula is C10H10ClN3O3. The van der Waals surface area contributed by atoms with Crippen LogP contribution in [0.3, 0.4) is 0 Å². The summed E-state index contributed by atoms with van der Waals surface area (Å²) in [6, 6.07) is 1.51. The number of hydrogen-bond acceptors (Lipinski definition) is 5. The highest BCUT2D eigenvalue weighted by molar-refractivity contribution is 6.32. The van der Waals surface area contributed by atoms with Gasteiger partial charge in [-0.1, -0.05) is 5.16 Å². The highest BCUT2D eigenvalue weighted by Gasteiger charge is 2.12. The molecule has 90 valence electrons. The van der Waals surface area contributed by atoms with Gasteiger partial charge in [0.15, 0.2) is 5.82 Å². The molecule has 0 aliphatic heterocycles. The largest absolute Gasteiger partial charge is 0.452 e. The number of carbonyl (C=O) groups is 1. The molecule has 2 rings (SSSR count). The number of carbonyl (C=O) groups excluding carboxylic acids is 1. The average molecular weight is 256 g/mol. The van der Waals surface area contributed by atoms with Crippen LogP contribution in [-0.4, -0.2) is 22.6 Å². The second-order valence-corrected chi connectivity index (χ2v) is 3.69. The molecule has 0 saturated heterocycles. The van der Waals surface area contributed by atoms with Gasteiger partial charge < -0.3 is 14.3 Å². The summed E-state index contributed by atoms with van der Waals surface area (Å²) in [6.07, 6.45) is 1.83. The summed E-state index contributed by atoms with van der Waals surface area (Å²) >= 11 is 5.67. The maximum atomic E-state index is 11.6. The van der Waals surface area contributed by atoms with E-state index in [2.05, 4.69) is 15.5 Å². The predicted octanol–water partition coefficient (Wildman–Crippen LogP) is 1.60. The van der Waals surface area contributed by atoms with Crippen molar-refractivity contribution in [1.82, 2.24) is 15.5 Å². The highest BCUT2D eigenvalue weighted by atomic mass is 35.5. The molecule has 0 saturated carbocycles. The zero-order valence-corrected chi connectivity index (χ0v) is 9.82. The zero-order valence-electron chi connectivity index (χ0n) is 9.07. The number of nitrogens with zero attached hydrogens (tertiary/aromatic N) is 2. The third-order valence-electron chi connectivity index (χ3n) is 2.06. The van der Waals surface area contributed by atoms with Crippen molar-refractivity contribution >= 4 is 17.5 Å². The third kappa shape index (κ3) is 2.85. The first-order valence-corrected chi connectivity index (χ1v) is 5.35. The van der Waals surface area contributed by atoms with Gasteiger partial charge >= 0.3 is 0 Å². The minimum absolute atomic E-state index is 0.0798. The Kier molecular flexibility index (Phi) is 3.43. The smallest absolute Gasteiger partial charge is 0.256 e. The number of nitrogens with one attached hydrogen (secondary N) is 1. The first kappa shape index (κ1) is 11.7. The summed E-state index contributed by atoms with van der Waals surface area (Å²) in [5.41, 5.74) is 0.313. The number of furan rings is 1. The average Bonchev–Trinajstić information content (AvgIpc) is 2.87. The Morgan fingerprint density at radius 2 is 2.41 bits per heavy atom. The lowest BCUT2D eigenvalue weighted by atomic mass is 10.3. The van der Waals surface area contributed by atoms with E-state index in [1.807, 2.05) is 0 Å². The van der Waals surface area contributed by atoms with Crippen molar-refractivity contribution in [1.29, 1.82) is 0 Å². The summed E-state index contributed by atoms with van der Waals surface area (Å²) in [6.45, 7) is 2.12. The molecule has 0 aromatic carbocycles. The fraction of sp³-hybridized carbons (Fsp3) is 0.300. The molecule has 0 unspecified atom stereocenters. The van der Waals surface area contributed by atoms with Crippen molar-refractivity contribution < 1.29 is 13.7 Å². The number of hydrogen-bond donors (Lipinski definition) is 1. The van der Waals surface area contributed by atoms with Crippen LogP contribution in [-0.2, 0) is 6.42 Å². The molecule has 1 N–H and O–H groups in total. The molecule has 6 nitrogen and oxygen atoms in total. The Hall–Kier alpha value is -1.82. The van der Waals surface area contributed by atoms with Crippen molar-refractivity contribution in [3.63, 3.8) is 0 Å². The minimum Gasteiger partial charge on any atom is -0.452 e. The van der Waals surface area contributed by atoms with Crippen LogP contribution in [0.4, 0.5) is 0 Å². The van der Waals surface area contributed by atoms with E-state index in [0.717, 1.165) is 0 Å². The van der Waals surface area contributed by atoms with E-state index in [1.54, 1.807) is 6.92 Å². The lowest BCUT2D eigenvalue weighted by molar-refractivity contribution is 0.0953. The molecule has 0 fully saturated rings. The fourth-order valence-corrected chi connectivity index (χ4v) is 1.48. The molecule has 0 atom stereocenters. The van der Waals surface area contributed by atoms with Crippen molar-refractivity contribution in [3.05, 3.63) is 34.8 Å². The van der Waals surface area contributed by atoms with Gasteiger partial charge in [0.05, 0.1) is 11.8 Å². The molecule has 0 radical (unpaired) electrons. The van der Waals surface area contributed by atoms with Gasteiger partial charge in [-0.15, -0.1) is 0 Å². The van der Waals surface area contributed by atoms with Gasteiger partial charge in [0.1, 0.15) is 0 Å². The lowest BCUT2D eigenvalue weighted by Gasteiger charge is -2.00. The van der Waals surface area contributed by atoms with E-state index in [9.17, 15) is 4.79 Å². The van der Waals surface area contributed by atoms with E-state index in [0.29, 0.717) is 30.2 Å². The van der Waals surface area contributed by atoms with E-state index >= 15 is 0 Å². The number of aryl methyl sites for hydroxylation is 1. The quantitative estimate of drug-likeness (QED) is 0.897. The van der Waals surface area contributed by atoms with Gasteiger partial charge in [0, 0.05) is 13.0 Å². The molecule has 1 amide bonds. The molecule has 0 bridgehead atoms. The maximum absolute atomic E-state index is 11.6. The van der Waals surface area contributed by atoms with E-state index in [-0.39, 0.29) is 11.1 Å². The summed E-state index contributed by atoms with van der Waals surface area (Å²) < 4.78 is 9.72. The Morgan fingerprint density at radius 3 is 3.00 bits per heavy atom. The number of halogens is 1. The van der Waals surface area contributed by atoms with Crippen molar-refractivity contribution in [2.75, 3.05) is 6.54 Å². The number of amides is 1. The van der Waals surface area contributed by atoms with Gasteiger partial charge in [-0.3, -0.25) is 4.79 Å². The van der Waals surface area contributed by atoms with Crippen molar-refractivity contribution in [2.45, 2.75) is 13.3 Å². The normalized spacial score (nSPS) is 10.5. The Labute approximate surface area is 102 Å². The van der Waals surface area contributed by atoms with Crippen LogP contribution in [0.15, 0.2) is 21.3 Å². The molecule has 0 aliphatic rings. The van der Waals surface area contributed by atoms with Gasteiger partial charge in [0.2, 0.25) is 11.1 Å². The second-order valence-electron chi connectivity index (χ2n) is 3.35. The van der Waals surface area contributed by atoms with E-state index in [4.69, 9.17) is 20.5 Å². The summed E-state index contributed by atoms with van der Waals surface area (Å²) in [7, 11) is 0. The van der Waals surface area contributed by atoms with E-state index < -0.39 is 0 Å². The Balaban J connectivity index is 1.83. The monoisotopic (exact) mass is 255 g/mol. The van der Waals surface area contributed by atoms with Crippen molar-refractivity contribution in [3.8, 4) is 0 Å². The van der Waals surface area contributed by atoms with Crippen LogP contribution in [0.1, 0.15) is 22.1 Å². The van der Waals surface area contributed by atoms with Gasteiger partial charge in [0.25, 0.3) is 5.91 Å². The topological polar surface area (TPSA) is 81.2 Å². The lowest BCUT2D eigenvalue weighted by Crippen LogP contribution is -2.25. The molecule has 0 spiro atoms. The highest BCUT2D eigenvalue weighted by Crippen LogP contribution is 2.15. The zero-order chi connectivity index (χ0) is 12.3. The molecular weight excluding hydrogens is 246 g/mol. The molecule has 7 heteroatoms. The van der Waals surface area contributed by atoms with Gasteiger partial charge in [-0.05, 0) is 24.6 Å². The predicted molar refractivity (Wildman–Crippen MR) is 58.8 cm³/mol. The van der Waals surface area contributed by atoms with Gasteiger partial charge in [-0.25, -0.2) is 0 Å². The Bertz CT molecular complexity index is 520. The fourth-order valence-electron chi connectivity index (χ4n) is 1.28. The summed E-state index contributed by atoms with van der Waals surface area (Å²) in [5, 5.41) is 6.40. The number of aromatic nitrogens is 2. The number of rotatable bonds is 4. The van der Waals surface area contributed by atoms with Crippen LogP contribution in [0.25, 0.3) is 0 Å². The summed E-state index contributed by atoms with van der Waals surface area (Å²) in [4.78, 5) is 15.6. The molecule has 2 aromatic heterocycles. The molecule has 2 aromatic rings. The maximum Gasteiger partial charge on any atom is 0.256 e. The van der Waals surface area contributed by atoms with Crippen molar-refractivity contribution in [2.24, 2.45) is 0 Å². The van der Waals surface area contributed by atoms with Crippen LogP contribution in [0.2, 0.25) is 5.22 Å². The molecule has 17 heavy (non-hydrogen) atoms. The third-order valence-corrected chi connectivity index (χ3v) is 2.35. The first-order valence-electron chi connectivity index (χ1n) is 4.97. The second kappa shape index (κ2) is 5.01. The van der Waals surface area contributed by atoms with Crippen LogP contribution in [0.5, 0.6) is 0 Å². The van der Waals surface area contributed by atoms with Crippen LogP contribution >= 0.6 is 11.6 Å². The standard InChI is InChI=1S/C10H10ClN3O3/c1-6-13-8(17-14-6)2-4-12-10(15)7-3-5-16-9(7)11/h3,5H,2,4H2,1H3,(H,12,15). The Morgan fingerprint density at radius 1 is 1.59 bits per heavy atom. The summed E-state index contributed by atoms with van der Waals surface area (Å²) in [5.74, 6) is 0.769. The first-order chi connectivity index (χ1) is 8.16. The molecule has 2 heterocycles. The SMILES string of the molecule is Cc1noc(CCNC(=O)c2ccoc2Cl)n1. The molecule has 0 aliphatic carbocycles. The van der Waals surface area contributed by atoms with Crippen LogP contribution in [0, 0.1) is 6.92 Å². The van der Waals surface area contributed by atoms with Crippen LogP contribution < -0.4 is 5.32 Å². The van der Waals surface area contributed by atoms with Gasteiger partial charge in [-0.2, -0.15) is 4.98 Å².